The standard InChI is InChI=1S/C29H54N4O3S3/c1-20(2)32-22(34)21(17-27(8,9)28(10,11)23(35)36-16-14-15-31-33-30)29(12,13)39-24(37)38-19-26(6,7)18-25(3,4)5/h20-21H,14-19H2,1-13H3,(H,32,34). The van der Waals surface area contributed by atoms with E-state index < -0.39 is 21.5 Å². The molecule has 0 heterocycles. The van der Waals surface area contributed by atoms with E-state index in [0.717, 1.165) is 15.7 Å². The van der Waals surface area contributed by atoms with Crippen molar-refractivity contribution in [3.8, 4) is 0 Å². The Labute approximate surface area is 252 Å². The third-order valence-electron chi connectivity index (χ3n) is 7.14. The first-order valence-corrected chi connectivity index (χ1v) is 16.0. The first-order chi connectivity index (χ1) is 17.5. The molecule has 0 aromatic carbocycles. The molecule has 7 nitrogen and oxygen atoms in total. The minimum Gasteiger partial charge on any atom is -0.465 e. The van der Waals surface area contributed by atoms with Crippen LogP contribution in [0.5, 0.6) is 0 Å². The van der Waals surface area contributed by atoms with Crippen molar-refractivity contribution in [2.75, 3.05) is 18.9 Å². The van der Waals surface area contributed by atoms with E-state index in [-0.39, 0.29) is 41.9 Å². The minimum atomic E-state index is -0.852. The number of hydrogen-bond acceptors (Lipinski definition) is 7. The maximum Gasteiger partial charge on any atom is 0.312 e. The Balaban J connectivity index is 5.75. The molecule has 1 amide bonds. The molecule has 0 aliphatic rings. The van der Waals surface area contributed by atoms with Gasteiger partial charge in [0.25, 0.3) is 0 Å². The maximum absolute atomic E-state index is 13.6. The van der Waals surface area contributed by atoms with Crippen molar-refractivity contribution in [2.24, 2.45) is 32.7 Å². The van der Waals surface area contributed by atoms with Crippen molar-refractivity contribution in [1.29, 1.82) is 0 Å². The predicted octanol–water partition coefficient (Wildman–Crippen LogP) is 8.81. The zero-order chi connectivity index (χ0) is 30.9. The van der Waals surface area contributed by atoms with Gasteiger partial charge in [-0.15, -0.1) is 23.5 Å². The summed E-state index contributed by atoms with van der Waals surface area (Å²) >= 11 is 9.11. The lowest BCUT2D eigenvalue weighted by molar-refractivity contribution is -0.162. The van der Waals surface area contributed by atoms with Gasteiger partial charge < -0.3 is 10.1 Å². The molecule has 0 rings (SSSR count). The summed E-state index contributed by atoms with van der Waals surface area (Å²) in [5.41, 5.74) is 7.39. The van der Waals surface area contributed by atoms with Crippen molar-refractivity contribution in [3.63, 3.8) is 0 Å². The lowest BCUT2D eigenvalue weighted by Crippen LogP contribution is -2.49. The molecule has 1 unspecified atom stereocenters. The van der Waals surface area contributed by atoms with E-state index in [1.807, 2.05) is 41.5 Å². The molecule has 0 fully saturated rings. The number of ether oxygens (including phenoxy) is 1. The normalized spacial score (nSPS) is 14.0. The number of carbonyl (C=O) groups is 2. The number of thiocarbonyl (C=S) groups is 1. The van der Waals surface area contributed by atoms with Crippen LogP contribution in [0.4, 0.5) is 0 Å². The van der Waals surface area contributed by atoms with E-state index in [9.17, 15) is 9.59 Å². The molecule has 39 heavy (non-hydrogen) atoms. The monoisotopic (exact) mass is 602 g/mol. The quantitative estimate of drug-likeness (QED) is 0.0501. The average molecular weight is 603 g/mol. The highest BCUT2D eigenvalue weighted by Crippen LogP contribution is 2.49. The van der Waals surface area contributed by atoms with E-state index in [2.05, 4.69) is 63.8 Å². The van der Waals surface area contributed by atoms with Gasteiger partial charge in [0.05, 0.1) is 17.9 Å². The van der Waals surface area contributed by atoms with E-state index in [1.54, 1.807) is 23.5 Å². The summed E-state index contributed by atoms with van der Waals surface area (Å²) in [5.74, 6) is 0.168. The van der Waals surface area contributed by atoms with Gasteiger partial charge in [-0.25, -0.2) is 0 Å². The smallest absolute Gasteiger partial charge is 0.312 e. The number of nitrogens with zero attached hydrogens (tertiary/aromatic N) is 3. The van der Waals surface area contributed by atoms with Crippen LogP contribution in [0.15, 0.2) is 5.11 Å². The fourth-order valence-corrected chi connectivity index (χ4v) is 7.91. The fraction of sp³-hybridized carbons (Fsp3) is 0.897. The van der Waals surface area contributed by atoms with E-state index in [4.69, 9.17) is 22.5 Å². The van der Waals surface area contributed by atoms with Crippen LogP contribution in [0.3, 0.4) is 0 Å². The number of hydrogen-bond donors (Lipinski definition) is 1. The van der Waals surface area contributed by atoms with Gasteiger partial charge in [0.15, 0.2) is 0 Å². The molecule has 0 saturated heterocycles. The van der Waals surface area contributed by atoms with Gasteiger partial charge in [-0.05, 0) is 82.6 Å². The van der Waals surface area contributed by atoms with Crippen molar-refractivity contribution >= 4 is 51.1 Å². The third-order valence-corrected chi connectivity index (χ3v) is 10.5. The van der Waals surface area contributed by atoms with Gasteiger partial charge in [0.2, 0.25) is 5.91 Å². The number of esters is 1. The Kier molecular flexibility index (Phi) is 14.9. The first kappa shape index (κ1) is 38.0. The Morgan fingerprint density at radius 2 is 1.59 bits per heavy atom. The van der Waals surface area contributed by atoms with Crippen LogP contribution in [-0.4, -0.2) is 45.1 Å². The Hall–Kier alpha value is -0.960. The molecule has 10 heteroatoms. The average Bonchev–Trinajstić information content (AvgIpc) is 2.73. The number of azide groups is 1. The summed E-state index contributed by atoms with van der Waals surface area (Å²) in [5, 5.41) is 6.59. The van der Waals surface area contributed by atoms with Crippen molar-refractivity contribution < 1.29 is 14.3 Å². The molecule has 0 spiro atoms. The van der Waals surface area contributed by atoms with Crippen LogP contribution in [0.25, 0.3) is 10.4 Å². The van der Waals surface area contributed by atoms with Gasteiger partial charge >= 0.3 is 5.97 Å². The molecule has 0 aromatic rings. The lowest BCUT2D eigenvalue weighted by Gasteiger charge is -2.44. The van der Waals surface area contributed by atoms with Crippen LogP contribution in [0.2, 0.25) is 0 Å². The molecular weight excluding hydrogens is 549 g/mol. The lowest BCUT2D eigenvalue weighted by atomic mass is 9.62. The summed E-state index contributed by atoms with van der Waals surface area (Å²) in [6, 6.07) is -0.00233. The summed E-state index contributed by atoms with van der Waals surface area (Å²) in [6.45, 7) is 27.7. The number of amides is 1. The summed E-state index contributed by atoms with van der Waals surface area (Å²) in [7, 11) is 0. The van der Waals surface area contributed by atoms with Crippen LogP contribution >= 0.6 is 35.7 Å². The van der Waals surface area contributed by atoms with Crippen LogP contribution < -0.4 is 5.32 Å². The van der Waals surface area contributed by atoms with Crippen molar-refractivity contribution in [2.45, 2.75) is 120 Å². The number of rotatable bonds is 15. The van der Waals surface area contributed by atoms with Gasteiger partial charge in [-0.3, -0.25) is 9.59 Å². The highest BCUT2D eigenvalue weighted by atomic mass is 32.2. The van der Waals surface area contributed by atoms with Crippen molar-refractivity contribution in [3.05, 3.63) is 10.4 Å². The predicted molar refractivity (Wildman–Crippen MR) is 173 cm³/mol. The highest BCUT2D eigenvalue weighted by Gasteiger charge is 2.49. The zero-order valence-electron chi connectivity index (χ0n) is 26.7. The number of carbonyl (C=O) groups excluding carboxylic acids is 2. The highest BCUT2D eigenvalue weighted by molar-refractivity contribution is 8.47. The molecule has 1 N–H and O–H groups in total. The van der Waals surface area contributed by atoms with Crippen LogP contribution in [0.1, 0.15) is 109 Å². The topological polar surface area (TPSA) is 104 Å². The Morgan fingerprint density at radius 3 is 2.08 bits per heavy atom. The van der Waals surface area contributed by atoms with Crippen molar-refractivity contribution in [1.82, 2.24) is 5.32 Å². The summed E-state index contributed by atoms with van der Waals surface area (Å²) < 4.78 is 5.88. The zero-order valence-corrected chi connectivity index (χ0v) is 29.1. The second kappa shape index (κ2) is 15.3. The molecule has 0 aliphatic carbocycles. The van der Waals surface area contributed by atoms with Gasteiger partial charge in [0.1, 0.15) is 3.53 Å². The van der Waals surface area contributed by atoms with Gasteiger partial charge in [-0.2, -0.15) is 0 Å². The van der Waals surface area contributed by atoms with E-state index in [1.165, 1.54) is 0 Å². The van der Waals surface area contributed by atoms with Crippen LogP contribution in [0, 0.1) is 27.6 Å². The Bertz CT molecular complexity index is 887. The largest absolute Gasteiger partial charge is 0.465 e. The summed E-state index contributed by atoms with van der Waals surface area (Å²) in [4.78, 5) is 29.4. The maximum atomic E-state index is 13.6. The fourth-order valence-electron chi connectivity index (χ4n) is 4.66. The van der Waals surface area contributed by atoms with E-state index >= 15 is 0 Å². The SMILES string of the molecule is CC(C)NC(=O)C(CC(C)(C)C(C)(C)C(=O)OCCCN=[N+]=[N-])C(C)(C)SC(=S)SCC(C)(C)CC(C)(C)C. The molecule has 0 aliphatic heterocycles. The summed E-state index contributed by atoms with van der Waals surface area (Å²) in [6.07, 6.45) is 2.04. The van der Waals surface area contributed by atoms with Gasteiger partial charge in [0, 0.05) is 28.0 Å². The van der Waals surface area contributed by atoms with E-state index in [0.29, 0.717) is 12.8 Å². The second-order valence-corrected chi connectivity index (χ2v) is 18.4. The molecule has 0 saturated carbocycles. The third kappa shape index (κ3) is 14.0. The number of thioether (sulfide) groups is 2. The molecule has 0 radical (unpaired) electrons. The molecule has 1 atom stereocenters. The molecule has 0 bridgehead atoms. The van der Waals surface area contributed by atoms with Gasteiger partial charge in [-0.1, -0.05) is 65.8 Å². The van der Waals surface area contributed by atoms with Crippen LogP contribution in [-0.2, 0) is 14.3 Å². The minimum absolute atomic E-state index is 0.00233. The molecular formula is C29H54N4O3S3. The molecule has 0 aromatic heterocycles. The first-order valence-electron chi connectivity index (χ1n) is 13.8. The second-order valence-electron chi connectivity index (χ2n) is 14.5. The number of nitrogens with one attached hydrogen (secondary N) is 1. The molecule has 226 valence electrons. The Morgan fingerprint density at radius 1 is 1.03 bits per heavy atom.